The zero-order chi connectivity index (χ0) is 23.8. The molecule has 0 saturated carbocycles. The Hall–Kier alpha value is -3.67. The maximum absolute atomic E-state index is 13.6. The molecule has 2 aliphatic rings. The van der Waals surface area contributed by atoms with Crippen LogP contribution in [0.4, 0.5) is 5.69 Å². The first-order valence-electron chi connectivity index (χ1n) is 10.3. The zero-order valence-corrected chi connectivity index (χ0v) is 20.4. The normalized spacial score (nSPS) is 15.9. The number of ether oxygens (including phenoxy) is 4. The third kappa shape index (κ3) is 3.94. The molecule has 0 aliphatic carbocycles. The summed E-state index contributed by atoms with van der Waals surface area (Å²) < 4.78 is 22.5. The number of benzene rings is 3. The topological polar surface area (TPSA) is 98.4 Å². The lowest BCUT2D eigenvalue weighted by Crippen LogP contribution is -2.53. The second-order valence-corrected chi connectivity index (χ2v) is 8.77. The number of fused-ring (bicyclic) bond motifs is 2. The lowest BCUT2D eigenvalue weighted by molar-refractivity contribution is 0.0488. The van der Waals surface area contributed by atoms with Crippen molar-refractivity contribution in [1.29, 1.82) is 0 Å². The van der Waals surface area contributed by atoms with Gasteiger partial charge in [-0.15, -0.1) is 0 Å². The van der Waals surface area contributed by atoms with E-state index >= 15 is 0 Å². The van der Waals surface area contributed by atoms with Crippen molar-refractivity contribution in [3.05, 3.63) is 74.9 Å². The van der Waals surface area contributed by atoms with E-state index in [1.54, 1.807) is 56.7 Å². The molecule has 174 valence electrons. The second-order valence-electron chi connectivity index (χ2n) is 7.53. The number of methoxy groups -OCH3 is 2. The predicted molar refractivity (Wildman–Crippen MR) is 131 cm³/mol. The maximum atomic E-state index is 13.6. The third-order valence-corrected chi connectivity index (χ3v) is 6.24. The van der Waals surface area contributed by atoms with E-state index in [-0.39, 0.29) is 12.7 Å². The van der Waals surface area contributed by atoms with Crippen molar-refractivity contribution in [3.8, 4) is 23.0 Å². The summed E-state index contributed by atoms with van der Waals surface area (Å²) in [5.74, 6) is 1.31. The highest BCUT2D eigenvalue weighted by Crippen LogP contribution is 2.38. The monoisotopic (exact) mass is 573 g/mol. The number of hydrazine groups is 1. The van der Waals surface area contributed by atoms with E-state index in [2.05, 4.69) is 33.3 Å². The van der Waals surface area contributed by atoms with Crippen molar-refractivity contribution in [2.24, 2.45) is 0 Å². The zero-order valence-electron chi connectivity index (χ0n) is 18.3. The molecule has 3 aromatic carbocycles. The highest BCUT2D eigenvalue weighted by Gasteiger charge is 2.36. The van der Waals surface area contributed by atoms with Crippen LogP contribution in [0.1, 0.15) is 32.4 Å². The van der Waals surface area contributed by atoms with E-state index < -0.39 is 12.1 Å². The van der Waals surface area contributed by atoms with Crippen LogP contribution in [0.15, 0.2) is 54.6 Å². The fourth-order valence-corrected chi connectivity index (χ4v) is 4.37. The van der Waals surface area contributed by atoms with Gasteiger partial charge < -0.3 is 24.3 Å². The van der Waals surface area contributed by atoms with Gasteiger partial charge in [-0.2, -0.15) is 0 Å². The molecule has 10 heteroatoms. The van der Waals surface area contributed by atoms with E-state index in [1.807, 2.05) is 12.1 Å². The number of carbonyl (C=O) groups is 2. The first kappa shape index (κ1) is 22.1. The van der Waals surface area contributed by atoms with Crippen molar-refractivity contribution in [3.63, 3.8) is 0 Å². The Morgan fingerprint density at radius 2 is 1.88 bits per heavy atom. The Balaban J connectivity index is 1.55. The van der Waals surface area contributed by atoms with Crippen molar-refractivity contribution in [1.82, 2.24) is 10.4 Å². The van der Waals surface area contributed by atoms with Crippen LogP contribution in [-0.2, 0) is 0 Å². The van der Waals surface area contributed by atoms with Gasteiger partial charge in [0, 0.05) is 20.4 Å². The molecule has 1 atom stereocenters. The van der Waals surface area contributed by atoms with E-state index in [0.29, 0.717) is 45.4 Å². The van der Waals surface area contributed by atoms with Gasteiger partial charge >= 0.3 is 0 Å². The van der Waals surface area contributed by atoms with Gasteiger partial charge in [-0.1, -0.05) is 0 Å². The van der Waals surface area contributed by atoms with Crippen molar-refractivity contribution < 1.29 is 28.5 Å². The van der Waals surface area contributed by atoms with Gasteiger partial charge in [-0.25, -0.2) is 5.01 Å². The van der Waals surface area contributed by atoms with Gasteiger partial charge in [-0.05, 0) is 77.2 Å². The molecule has 5 rings (SSSR count). The number of hydrogen-bond acceptors (Lipinski definition) is 7. The van der Waals surface area contributed by atoms with Gasteiger partial charge in [0.25, 0.3) is 11.8 Å². The Morgan fingerprint density at radius 1 is 1.06 bits per heavy atom. The van der Waals surface area contributed by atoms with Gasteiger partial charge in [-0.3, -0.25) is 15.0 Å². The molecule has 2 heterocycles. The molecule has 0 spiro atoms. The van der Waals surface area contributed by atoms with Gasteiger partial charge in [0.05, 0.1) is 19.8 Å². The number of halogens is 1. The molecule has 0 aromatic heterocycles. The Kier molecular flexibility index (Phi) is 5.82. The molecule has 2 amide bonds. The molecule has 1 unspecified atom stereocenters. The molecule has 0 saturated heterocycles. The van der Waals surface area contributed by atoms with Crippen LogP contribution in [0.2, 0.25) is 0 Å². The summed E-state index contributed by atoms with van der Waals surface area (Å²) in [5.41, 5.74) is 4.79. The van der Waals surface area contributed by atoms with Crippen molar-refractivity contribution in [2.75, 3.05) is 26.3 Å². The lowest BCUT2D eigenvalue weighted by atomic mass is 10.0. The molecule has 0 fully saturated rings. The third-order valence-electron chi connectivity index (χ3n) is 5.57. The van der Waals surface area contributed by atoms with Crippen LogP contribution in [0.3, 0.4) is 0 Å². The smallest absolute Gasteiger partial charge is 0.276 e. The minimum Gasteiger partial charge on any atom is -0.497 e. The molecule has 3 aromatic rings. The fraction of sp³-hybridized carbons (Fsp3) is 0.167. The highest BCUT2D eigenvalue weighted by molar-refractivity contribution is 14.1. The fourth-order valence-electron chi connectivity index (χ4n) is 3.88. The van der Waals surface area contributed by atoms with Gasteiger partial charge in [0.2, 0.25) is 6.79 Å². The number of hydrogen-bond donors (Lipinski definition) is 2. The summed E-state index contributed by atoms with van der Waals surface area (Å²) in [4.78, 5) is 26.8. The van der Waals surface area contributed by atoms with Crippen LogP contribution in [0, 0.1) is 3.57 Å². The molecule has 0 radical (unpaired) electrons. The number of nitrogens with one attached hydrogen (secondary N) is 2. The average Bonchev–Trinajstić information content (AvgIpc) is 3.33. The van der Waals surface area contributed by atoms with Crippen molar-refractivity contribution in [2.45, 2.75) is 6.17 Å². The quantitative estimate of drug-likeness (QED) is 0.447. The Bertz CT molecular complexity index is 1300. The summed E-state index contributed by atoms with van der Waals surface area (Å²) in [7, 11) is 3.10. The maximum Gasteiger partial charge on any atom is 0.276 e. The number of amides is 2. The largest absolute Gasteiger partial charge is 0.497 e. The summed E-state index contributed by atoms with van der Waals surface area (Å²) >= 11 is 2.14. The van der Waals surface area contributed by atoms with Gasteiger partial charge in [0.15, 0.2) is 17.7 Å². The molecule has 0 bridgehead atoms. The molecule has 9 nitrogen and oxygen atoms in total. The van der Waals surface area contributed by atoms with Crippen LogP contribution in [0.5, 0.6) is 23.0 Å². The van der Waals surface area contributed by atoms with Gasteiger partial charge in [0.1, 0.15) is 11.5 Å². The van der Waals surface area contributed by atoms with E-state index in [4.69, 9.17) is 18.9 Å². The van der Waals surface area contributed by atoms with Crippen LogP contribution in [0.25, 0.3) is 0 Å². The summed E-state index contributed by atoms with van der Waals surface area (Å²) in [6.07, 6.45) is -0.761. The number of rotatable bonds is 5. The number of anilines is 1. The minimum atomic E-state index is -0.761. The van der Waals surface area contributed by atoms with E-state index in [9.17, 15) is 9.59 Å². The molecule has 2 N–H and O–H groups in total. The molecule has 2 aliphatic heterocycles. The number of carbonyl (C=O) groups excluding carboxylic acids is 2. The SMILES string of the molecule is COc1ccc(OC)c(C2Nc3ccc(I)cc3C(=O)N2NC(=O)c2ccc3c(c2)OCO3)c1. The molecule has 34 heavy (non-hydrogen) atoms. The van der Waals surface area contributed by atoms with Crippen molar-refractivity contribution >= 4 is 40.1 Å². The molecular weight excluding hydrogens is 553 g/mol. The Labute approximate surface area is 209 Å². The average molecular weight is 573 g/mol. The Morgan fingerprint density at radius 3 is 2.68 bits per heavy atom. The van der Waals surface area contributed by atoms with Crippen LogP contribution < -0.4 is 29.7 Å². The first-order chi connectivity index (χ1) is 16.5. The first-order valence-corrected chi connectivity index (χ1v) is 11.4. The van der Waals surface area contributed by atoms with Crippen LogP contribution >= 0.6 is 22.6 Å². The molecular formula is C24H20IN3O6. The lowest BCUT2D eigenvalue weighted by Gasteiger charge is -2.38. The summed E-state index contributed by atoms with van der Waals surface area (Å²) in [6, 6.07) is 15.6. The predicted octanol–water partition coefficient (Wildman–Crippen LogP) is 3.95. The van der Waals surface area contributed by atoms with E-state index in [1.165, 1.54) is 5.01 Å². The summed E-state index contributed by atoms with van der Waals surface area (Å²) in [5, 5.41) is 4.62. The summed E-state index contributed by atoms with van der Waals surface area (Å²) in [6.45, 7) is 0.0993. The second kappa shape index (κ2) is 8.93. The highest BCUT2D eigenvalue weighted by atomic mass is 127. The standard InChI is InChI=1S/C24H20IN3O6/c1-31-15-5-8-19(32-2)17(11-15)22-26-18-6-4-14(25)10-16(18)24(30)28(22)27-23(29)13-3-7-20-21(9-13)34-12-33-20/h3-11,22,26H,12H2,1-2H3,(H,27,29). The van der Waals surface area contributed by atoms with Crippen LogP contribution in [-0.4, -0.2) is 37.8 Å². The number of nitrogens with zero attached hydrogens (tertiary/aromatic N) is 1. The minimum absolute atomic E-state index is 0.0993. The van der Waals surface area contributed by atoms with E-state index in [0.717, 1.165) is 3.57 Å².